The number of carbonyl (C=O) groups is 1. The van der Waals surface area contributed by atoms with Crippen LogP contribution in [0, 0.1) is 12.8 Å². The van der Waals surface area contributed by atoms with Gasteiger partial charge in [0.15, 0.2) is 0 Å². The summed E-state index contributed by atoms with van der Waals surface area (Å²) in [5, 5.41) is 3.27. The molecule has 1 atom stereocenters. The van der Waals surface area contributed by atoms with Gasteiger partial charge in [-0.2, -0.15) is 0 Å². The number of amides is 1. The predicted molar refractivity (Wildman–Crippen MR) is 146 cm³/mol. The zero-order valence-corrected chi connectivity index (χ0v) is 23.4. The molecule has 2 heterocycles. The first kappa shape index (κ1) is 28.2. The van der Waals surface area contributed by atoms with Gasteiger partial charge in [-0.1, -0.05) is 29.3 Å². The van der Waals surface area contributed by atoms with E-state index in [1.807, 2.05) is 0 Å². The topological polar surface area (TPSA) is 138 Å². The summed E-state index contributed by atoms with van der Waals surface area (Å²) in [4.78, 5) is 20.8. The number of anilines is 2. The fourth-order valence-electron chi connectivity index (χ4n) is 3.99. The van der Waals surface area contributed by atoms with Crippen LogP contribution in [0.4, 0.5) is 11.6 Å². The quantitative estimate of drug-likeness (QED) is 0.399. The fourth-order valence-corrected chi connectivity index (χ4v) is 7.31. The Hall–Kier alpha value is -2.77. The van der Waals surface area contributed by atoms with Crippen molar-refractivity contribution in [3.05, 3.63) is 76.0 Å². The number of rotatable bonds is 8. The summed E-state index contributed by atoms with van der Waals surface area (Å²) in [6, 6.07) is 12.0. The van der Waals surface area contributed by atoms with Crippen LogP contribution in [0.3, 0.4) is 0 Å². The van der Waals surface area contributed by atoms with Crippen LogP contribution >= 0.6 is 23.2 Å². The Balaban J connectivity index is 1.40. The summed E-state index contributed by atoms with van der Waals surface area (Å²) in [5.74, 6) is -1.35. The molecule has 10 nitrogen and oxygen atoms in total. The molecule has 0 aliphatic carbocycles. The standard InChI is InChI=1S/C24H25Cl2N5O5S2/c1-16-11-12-27-24(28-16)30-38(35,36)19-9-7-18(8-10-19)29-23(32)17-4-3-13-31(14-17)37(33,34)15-20-21(25)5-2-6-22(20)26/h2,5-12,17H,3-4,13-15H2,1H3,(H,29,32)(H,27,28,30). The van der Waals surface area contributed by atoms with E-state index in [9.17, 15) is 21.6 Å². The molecule has 0 spiro atoms. The second kappa shape index (κ2) is 11.5. The minimum absolute atomic E-state index is 0.0170. The third-order valence-corrected chi connectivity index (χ3v) is 9.81. The number of hydrogen-bond acceptors (Lipinski definition) is 7. The molecule has 14 heteroatoms. The smallest absolute Gasteiger partial charge is 0.264 e. The molecule has 0 saturated carbocycles. The van der Waals surface area contributed by atoms with Gasteiger partial charge in [0.05, 0.1) is 16.6 Å². The number of hydrogen-bond donors (Lipinski definition) is 2. The van der Waals surface area contributed by atoms with E-state index in [0.29, 0.717) is 36.3 Å². The second-order valence-corrected chi connectivity index (χ2v) is 13.3. The number of piperidine rings is 1. The van der Waals surface area contributed by atoms with Crippen LogP contribution in [0.5, 0.6) is 0 Å². The van der Waals surface area contributed by atoms with Crippen molar-refractivity contribution in [2.75, 3.05) is 23.1 Å². The van der Waals surface area contributed by atoms with Crippen LogP contribution in [-0.4, -0.2) is 50.1 Å². The van der Waals surface area contributed by atoms with Crippen LogP contribution < -0.4 is 10.0 Å². The number of benzene rings is 2. The minimum Gasteiger partial charge on any atom is -0.326 e. The molecular weight excluding hydrogens is 573 g/mol. The maximum Gasteiger partial charge on any atom is 0.264 e. The molecule has 2 N–H and O–H groups in total. The van der Waals surface area contributed by atoms with E-state index in [4.69, 9.17) is 23.2 Å². The highest BCUT2D eigenvalue weighted by molar-refractivity contribution is 7.92. The van der Waals surface area contributed by atoms with Gasteiger partial charge in [-0.05, 0) is 62.2 Å². The Morgan fingerprint density at radius 1 is 1.05 bits per heavy atom. The summed E-state index contributed by atoms with van der Waals surface area (Å²) in [5.41, 5.74) is 1.31. The molecule has 1 fully saturated rings. The van der Waals surface area contributed by atoms with E-state index in [2.05, 4.69) is 20.0 Å². The van der Waals surface area contributed by atoms with Gasteiger partial charge in [0.2, 0.25) is 21.9 Å². The van der Waals surface area contributed by atoms with Crippen molar-refractivity contribution in [2.24, 2.45) is 5.92 Å². The molecule has 0 bridgehead atoms. The number of nitrogens with zero attached hydrogens (tertiary/aromatic N) is 3. The average molecular weight is 599 g/mol. The molecule has 1 aliphatic rings. The average Bonchev–Trinajstić information content (AvgIpc) is 2.86. The van der Waals surface area contributed by atoms with Gasteiger partial charge in [-0.3, -0.25) is 4.79 Å². The summed E-state index contributed by atoms with van der Waals surface area (Å²) in [7, 11) is -7.70. The van der Waals surface area contributed by atoms with Crippen LogP contribution in [-0.2, 0) is 30.6 Å². The lowest BCUT2D eigenvalue weighted by Crippen LogP contribution is -2.44. The molecule has 0 radical (unpaired) electrons. The Kier molecular flexibility index (Phi) is 8.58. The molecule has 1 unspecified atom stereocenters. The van der Waals surface area contributed by atoms with E-state index in [1.165, 1.54) is 34.8 Å². The van der Waals surface area contributed by atoms with Gasteiger partial charge >= 0.3 is 0 Å². The summed E-state index contributed by atoms with van der Waals surface area (Å²) in [6.07, 6.45) is 2.47. The normalized spacial score (nSPS) is 16.7. The Morgan fingerprint density at radius 2 is 1.74 bits per heavy atom. The van der Waals surface area contributed by atoms with Crippen molar-refractivity contribution in [2.45, 2.75) is 30.4 Å². The number of aromatic nitrogens is 2. The molecule has 4 rings (SSSR count). The maximum absolute atomic E-state index is 13.1. The highest BCUT2D eigenvalue weighted by Gasteiger charge is 2.33. The summed E-state index contributed by atoms with van der Waals surface area (Å²) in [6.45, 7) is 2.02. The van der Waals surface area contributed by atoms with E-state index >= 15 is 0 Å². The van der Waals surface area contributed by atoms with E-state index in [0.717, 1.165) is 0 Å². The van der Waals surface area contributed by atoms with Crippen molar-refractivity contribution in [3.63, 3.8) is 0 Å². The van der Waals surface area contributed by atoms with Gasteiger partial charge in [0.1, 0.15) is 0 Å². The van der Waals surface area contributed by atoms with Crippen molar-refractivity contribution >= 4 is 60.8 Å². The van der Waals surface area contributed by atoms with Gasteiger partial charge in [-0.25, -0.2) is 35.8 Å². The zero-order chi connectivity index (χ0) is 27.5. The maximum atomic E-state index is 13.1. The number of halogens is 2. The van der Waals surface area contributed by atoms with Gasteiger partial charge < -0.3 is 5.32 Å². The zero-order valence-electron chi connectivity index (χ0n) is 20.3. The lowest BCUT2D eigenvalue weighted by Gasteiger charge is -2.31. The van der Waals surface area contributed by atoms with Crippen LogP contribution in [0.15, 0.2) is 59.6 Å². The molecule has 1 aliphatic heterocycles. The first-order chi connectivity index (χ1) is 17.9. The molecule has 1 amide bonds. The third kappa shape index (κ3) is 6.80. The predicted octanol–water partition coefficient (Wildman–Crippen LogP) is 4.07. The summed E-state index contributed by atoms with van der Waals surface area (Å²) < 4.78 is 55.0. The highest BCUT2D eigenvalue weighted by Crippen LogP contribution is 2.29. The molecule has 1 aromatic heterocycles. The molecule has 202 valence electrons. The SMILES string of the molecule is Cc1ccnc(NS(=O)(=O)c2ccc(NC(=O)C3CCCN(S(=O)(=O)Cc4c(Cl)cccc4Cl)C3)cc2)n1. The lowest BCUT2D eigenvalue weighted by molar-refractivity contribution is -0.120. The van der Waals surface area contributed by atoms with Gasteiger partial charge in [-0.15, -0.1) is 0 Å². The monoisotopic (exact) mass is 597 g/mol. The Bertz CT molecular complexity index is 1530. The number of carbonyl (C=O) groups excluding carboxylic acids is 1. The van der Waals surface area contributed by atoms with Gasteiger partial charge in [0, 0.05) is 46.3 Å². The number of sulfonamides is 2. The lowest BCUT2D eigenvalue weighted by atomic mass is 9.99. The fraction of sp³-hybridized carbons (Fsp3) is 0.292. The van der Waals surface area contributed by atoms with Crippen LogP contribution in [0.1, 0.15) is 24.1 Å². The van der Waals surface area contributed by atoms with Crippen LogP contribution in [0.25, 0.3) is 0 Å². The molecule has 2 aromatic carbocycles. The van der Waals surface area contributed by atoms with Crippen molar-refractivity contribution in [1.82, 2.24) is 14.3 Å². The molecule has 38 heavy (non-hydrogen) atoms. The largest absolute Gasteiger partial charge is 0.326 e. The molecule has 3 aromatic rings. The molecule has 1 saturated heterocycles. The minimum atomic E-state index is -3.93. The van der Waals surface area contributed by atoms with E-state index in [-0.39, 0.29) is 39.1 Å². The van der Waals surface area contributed by atoms with E-state index in [1.54, 1.807) is 31.2 Å². The van der Waals surface area contributed by atoms with Gasteiger partial charge in [0.25, 0.3) is 10.0 Å². The first-order valence-corrected chi connectivity index (χ1v) is 15.4. The van der Waals surface area contributed by atoms with E-state index < -0.39 is 26.0 Å². The number of nitrogens with one attached hydrogen (secondary N) is 2. The molecular formula is C24H25Cl2N5O5S2. The Morgan fingerprint density at radius 3 is 2.39 bits per heavy atom. The second-order valence-electron chi connectivity index (χ2n) is 8.79. The first-order valence-electron chi connectivity index (χ1n) is 11.6. The summed E-state index contributed by atoms with van der Waals surface area (Å²) >= 11 is 12.3. The third-order valence-electron chi connectivity index (χ3n) is 5.99. The van der Waals surface area contributed by atoms with Crippen molar-refractivity contribution in [1.29, 1.82) is 0 Å². The number of aryl methyl sites for hydroxylation is 1. The van der Waals surface area contributed by atoms with Crippen molar-refractivity contribution in [3.8, 4) is 0 Å². The Labute approximate surface area is 231 Å². The highest BCUT2D eigenvalue weighted by atomic mass is 35.5. The van der Waals surface area contributed by atoms with Crippen LogP contribution in [0.2, 0.25) is 10.0 Å². The van der Waals surface area contributed by atoms with Crippen molar-refractivity contribution < 1.29 is 21.6 Å².